The lowest BCUT2D eigenvalue weighted by molar-refractivity contribution is 1.21. The van der Waals surface area contributed by atoms with E-state index in [9.17, 15) is 0 Å². The van der Waals surface area contributed by atoms with Crippen molar-refractivity contribution in [3.63, 3.8) is 0 Å². The quantitative estimate of drug-likeness (QED) is 0.793. The van der Waals surface area contributed by atoms with Crippen molar-refractivity contribution < 1.29 is 0 Å². The number of anilines is 1. The van der Waals surface area contributed by atoms with E-state index in [-0.39, 0.29) is 0 Å². The number of benzene rings is 1. The van der Waals surface area contributed by atoms with Gasteiger partial charge in [0.2, 0.25) is 0 Å². The van der Waals surface area contributed by atoms with Gasteiger partial charge in [-0.05, 0) is 47.5 Å². The molecule has 0 aliphatic rings. The van der Waals surface area contributed by atoms with Gasteiger partial charge in [0.05, 0.1) is 0 Å². The minimum atomic E-state index is 0.821. The van der Waals surface area contributed by atoms with Crippen LogP contribution >= 0.6 is 15.9 Å². The lowest BCUT2D eigenvalue weighted by Gasteiger charge is -2.08. The van der Waals surface area contributed by atoms with Crippen LogP contribution in [0.1, 0.15) is 12.5 Å². The van der Waals surface area contributed by atoms with E-state index in [2.05, 4.69) is 52.9 Å². The van der Waals surface area contributed by atoms with Crippen LogP contribution in [0, 0.1) is 6.92 Å². The van der Waals surface area contributed by atoms with Crippen LogP contribution in [0.25, 0.3) is 0 Å². The molecule has 1 N–H and O–H groups in total. The number of hydrogen-bond acceptors (Lipinski definition) is 1. The molecule has 1 aromatic carbocycles. The Bertz CT molecular complexity index is 318. The molecule has 0 fully saturated rings. The van der Waals surface area contributed by atoms with Crippen LogP contribution in [0.15, 0.2) is 34.8 Å². The SMILES string of the molecule is C=C(C)CNc1cc(C)ccc1Br. The Kier molecular flexibility index (Phi) is 3.55. The molecule has 0 bridgehead atoms. The van der Waals surface area contributed by atoms with E-state index >= 15 is 0 Å². The van der Waals surface area contributed by atoms with Gasteiger partial charge in [-0.3, -0.25) is 0 Å². The number of nitrogens with one attached hydrogen (secondary N) is 1. The third kappa shape index (κ3) is 3.23. The number of aryl methyl sites for hydroxylation is 1. The molecule has 0 heterocycles. The van der Waals surface area contributed by atoms with Crippen molar-refractivity contribution in [3.8, 4) is 0 Å². The highest BCUT2D eigenvalue weighted by atomic mass is 79.9. The fourth-order valence-corrected chi connectivity index (χ4v) is 1.41. The molecule has 1 nitrogen and oxygen atoms in total. The molecule has 0 unspecified atom stereocenters. The Morgan fingerprint density at radius 3 is 2.85 bits per heavy atom. The average Bonchev–Trinajstić information content (AvgIpc) is 2.06. The van der Waals surface area contributed by atoms with Gasteiger partial charge in [0, 0.05) is 16.7 Å². The molecular weight excluding hydrogens is 226 g/mol. The van der Waals surface area contributed by atoms with Crippen LogP contribution in [0.4, 0.5) is 5.69 Å². The molecule has 0 radical (unpaired) electrons. The second-order valence-electron chi connectivity index (χ2n) is 3.29. The maximum Gasteiger partial charge on any atom is 0.0489 e. The summed E-state index contributed by atoms with van der Waals surface area (Å²) in [6, 6.07) is 6.25. The first-order chi connectivity index (χ1) is 6.09. The van der Waals surface area contributed by atoms with E-state index < -0.39 is 0 Å². The summed E-state index contributed by atoms with van der Waals surface area (Å²) in [6.07, 6.45) is 0. The topological polar surface area (TPSA) is 12.0 Å². The molecule has 2 heteroatoms. The van der Waals surface area contributed by atoms with Crippen molar-refractivity contribution in [2.24, 2.45) is 0 Å². The Morgan fingerprint density at radius 1 is 1.54 bits per heavy atom. The standard InChI is InChI=1S/C11H14BrN/c1-8(2)7-13-11-6-9(3)4-5-10(11)12/h4-6,13H,1,7H2,2-3H3. The molecule has 0 spiro atoms. The van der Waals surface area contributed by atoms with Gasteiger partial charge >= 0.3 is 0 Å². The maximum atomic E-state index is 3.84. The van der Waals surface area contributed by atoms with Crippen molar-refractivity contribution in [1.29, 1.82) is 0 Å². The summed E-state index contributed by atoms with van der Waals surface area (Å²) in [7, 11) is 0. The highest BCUT2D eigenvalue weighted by molar-refractivity contribution is 9.10. The summed E-state index contributed by atoms with van der Waals surface area (Å²) in [4.78, 5) is 0. The maximum absolute atomic E-state index is 3.84. The normalized spacial score (nSPS) is 9.77. The van der Waals surface area contributed by atoms with Crippen molar-refractivity contribution in [1.82, 2.24) is 0 Å². The van der Waals surface area contributed by atoms with E-state index in [1.807, 2.05) is 6.92 Å². The van der Waals surface area contributed by atoms with Crippen molar-refractivity contribution in [3.05, 3.63) is 40.4 Å². The smallest absolute Gasteiger partial charge is 0.0489 e. The number of rotatable bonds is 3. The Morgan fingerprint density at radius 2 is 2.23 bits per heavy atom. The van der Waals surface area contributed by atoms with E-state index in [0.29, 0.717) is 0 Å². The summed E-state index contributed by atoms with van der Waals surface area (Å²) in [5.74, 6) is 0. The zero-order valence-corrected chi connectivity index (χ0v) is 9.61. The first kappa shape index (κ1) is 10.3. The Balaban J connectivity index is 2.75. The number of halogens is 1. The second-order valence-corrected chi connectivity index (χ2v) is 4.15. The molecule has 1 aromatic rings. The summed E-state index contributed by atoms with van der Waals surface area (Å²) >= 11 is 3.49. The molecular formula is C11H14BrN. The molecule has 0 aliphatic carbocycles. The van der Waals surface area contributed by atoms with Gasteiger partial charge in [0.15, 0.2) is 0 Å². The first-order valence-electron chi connectivity index (χ1n) is 4.24. The van der Waals surface area contributed by atoms with Gasteiger partial charge in [-0.2, -0.15) is 0 Å². The summed E-state index contributed by atoms with van der Waals surface area (Å²) in [5.41, 5.74) is 3.52. The highest BCUT2D eigenvalue weighted by Crippen LogP contribution is 2.23. The van der Waals surface area contributed by atoms with E-state index in [4.69, 9.17) is 0 Å². The molecule has 0 amide bonds. The van der Waals surface area contributed by atoms with Crippen molar-refractivity contribution in [2.75, 3.05) is 11.9 Å². The predicted molar refractivity (Wildman–Crippen MR) is 62.2 cm³/mol. The zero-order chi connectivity index (χ0) is 9.84. The fraction of sp³-hybridized carbons (Fsp3) is 0.273. The van der Waals surface area contributed by atoms with Crippen molar-refractivity contribution in [2.45, 2.75) is 13.8 Å². The highest BCUT2D eigenvalue weighted by Gasteiger charge is 1.98. The van der Waals surface area contributed by atoms with Gasteiger partial charge < -0.3 is 5.32 Å². The third-order valence-corrected chi connectivity index (χ3v) is 2.39. The first-order valence-corrected chi connectivity index (χ1v) is 5.03. The van der Waals surface area contributed by atoms with Crippen LogP contribution in [-0.4, -0.2) is 6.54 Å². The summed E-state index contributed by atoms with van der Waals surface area (Å²) < 4.78 is 1.10. The molecule has 0 saturated carbocycles. The van der Waals surface area contributed by atoms with E-state index in [0.717, 1.165) is 22.3 Å². The van der Waals surface area contributed by atoms with Gasteiger partial charge in [0.1, 0.15) is 0 Å². The Labute approximate surface area is 88.0 Å². The van der Waals surface area contributed by atoms with Gasteiger partial charge in [-0.15, -0.1) is 0 Å². The molecule has 70 valence electrons. The molecule has 13 heavy (non-hydrogen) atoms. The van der Waals surface area contributed by atoms with Crippen LogP contribution in [-0.2, 0) is 0 Å². The second kappa shape index (κ2) is 4.47. The molecule has 0 saturated heterocycles. The van der Waals surface area contributed by atoms with Gasteiger partial charge in [-0.1, -0.05) is 18.2 Å². The molecule has 0 aliphatic heterocycles. The van der Waals surface area contributed by atoms with Crippen LogP contribution < -0.4 is 5.32 Å². The summed E-state index contributed by atoms with van der Waals surface area (Å²) in [6.45, 7) is 8.76. The predicted octanol–water partition coefficient (Wildman–Crippen LogP) is 3.75. The lowest BCUT2D eigenvalue weighted by Crippen LogP contribution is -2.02. The minimum absolute atomic E-state index is 0.821. The fourth-order valence-electron chi connectivity index (χ4n) is 1.02. The van der Waals surface area contributed by atoms with Gasteiger partial charge in [-0.25, -0.2) is 0 Å². The van der Waals surface area contributed by atoms with E-state index in [1.54, 1.807) is 0 Å². The van der Waals surface area contributed by atoms with Crippen LogP contribution in [0.5, 0.6) is 0 Å². The monoisotopic (exact) mass is 239 g/mol. The van der Waals surface area contributed by atoms with Crippen molar-refractivity contribution >= 4 is 21.6 Å². The largest absolute Gasteiger partial charge is 0.380 e. The van der Waals surface area contributed by atoms with Crippen LogP contribution in [0.3, 0.4) is 0 Å². The van der Waals surface area contributed by atoms with E-state index in [1.165, 1.54) is 5.56 Å². The van der Waals surface area contributed by atoms with Crippen LogP contribution in [0.2, 0.25) is 0 Å². The minimum Gasteiger partial charge on any atom is -0.380 e. The zero-order valence-electron chi connectivity index (χ0n) is 8.02. The van der Waals surface area contributed by atoms with Gasteiger partial charge in [0.25, 0.3) is 0 Å². The molecule has 0 aromatic heterocycles. The molecule has 0 atom stereocenters. The number of hydrogen-bond donors (Lipinski definition) is 1. The third-order valence-electron chi connectivity index (χ3n) is 1.70. The lowest BCUT2D eigenvalue weighted by atomic mass is 10.2. The summed E-state index contributed by atoms with van der Waals surface area (Å²) in [5, 5.41) is 3.31. The average molecular weight is 240 g/mol. The molecule has 1 rings (SSSR count). The Hall–Kier alpha value is -0.760.